The van der Waals surface area contributed by atoms with Gasteiger partial charge < -0.3 is 5.11 Å². The summed E-state index contributed by atoms with van der Waals surface area (Å²) in [6.45, 7) is 0. The second kappa shape index (κ2) is 4.89. The van der Waals surface area contributed by atoms with E-state index >= 15 is 0 Å². The van der Waals surface area contributed by atoms with Crippen molar-refractivity contribution < 1.29 is 27.8 Å². The summed E-state index contributed by atoms with van der Waals surface area (Å²) in [5.41, 5.74) is -0.0251. The Morgan fingerprint density at radius 2 is 1.74 bits per heavy atom. The van der Waals surface area contributed by atoms with Gasteiger partial charge in [-0.05, 0) is 10.8 Å². The van der Waals surface area contributed by atoms with E-state index in [1.807, 2.05) is 0 Å². The van der Waals surface area contributed by atoms with Gasteiger partial charge in [0, 0.05) is 5.56 Å². The number of fused-ring (bicyclic) bond motifs is 1. The predicted octanol–water partition coefficient (Wildman–Crippen LogP) is 3.50. The van der Waals surface area contributed by atoms with Gasteiger partial charge in [-0.1, -0.05) is 42.5 Å². The van der Waals surface area contributed by atoms with E-state index in [1.165, 1.54) is 12.1 Å². The van der Waals surface area contributed by atoms with Crippen LogP contribution in [0.1, 0.15) is 11.7 Å². The molecule has 1 atom stereocenters. The van der Waals surface area contributed by atoms with E-state index in [0.717, 1.165) is 0 Å². The van der Waals surface area contributed by atoms with Gasteiger partial charge in [-0.3, -0.25) is 4.74 Å². The third-order valence-corrected chi connectivity index (χ3v) is 2.58. The van der Waals surface area contributed by atoms with Crippen molar-refractivity contribution in [1.29, 1.82) is 0 Å². The minimum absolute atomic E-state index is 0.0251. The Bertz CT molecular complexity index is 602. The molecular weight excluding hydrogens is 261 g/mol. The van der Waals surface area contributed by atoms with Crippen molar-refractivity contribution in [2.45, 2.75) is 12.5 Å². The smallest absolute Gasteiger partial charge is 0.479 e. The fourth-order valence-corrected chi connectivity index (χ4v) is 1.86. The van der Waals surface area contributed by atoms with Crippen molar-refractivity contribution in [1.82, 2.24) is 0 Å². The first-order valence-electron chi connectivity index (χ1n) is 5.33. The van der Waals surface area contributed by atoms with E-state index in [1.54, 1.807) is 30.3 Å². The van der Waals surface area contributed by atoms with E-state index in [-0.39, 0.29) is 5.56 Å². The minimum atomic E-state index is -5.01. The summed E-state index contributed by atoms with van der Waals surface area (Å²) in [5.74, 6) is -1.69. The minimum Gasteiger partial charge on any atom is -0.479 e. The van der Waals surface area contributed by atoms with Crippen LogP contribution in [0.5, 0.6) is 0 Å². The molecule has 2 aromatic rings. The zero-order valence-electron chi connectivity index (χ0n) is 9.52. The highest BCUT2D eigenvalue weighted by atomic mass is 19.4. The normalized spacial score (nSPS) is 13.4. The van der Waals surface area contributed by atoms with Gasteiger partial charge in [-0.25, -0.2) is 4.79 Å². The van der Waals surface area contributed by atoms with Gasteiger partial charge in [0.05, 0.1) is 0 Å². The third kappa shape index (κ3) is 3.03. The summed E-state index contributed by atoms with van der Waals surface area (Å²) in [6, 6.07) is 11.1. The van der Waals surface area contributed by atoms with Gasteiger partial charge in [-0.15, -0.1) is 13.2 Å². The lowest BCUT2D eigenvalue weighted by atomic mass is 10.0. The number of hydrogen-bond acceptors (Lipinski definition) is 2. The molecule has 0 aliphatic heterocycles. The number of alkyl halides is 3. The average molecular weight is 270 g/mol. The van der Waals surface area contributed by atoms with Crippen LogP contribution < -0.4 is 0 Å². The van der Waals surface area contributed by atoms with Crippen LogP contribution in [0.2, 0.25) is 0 Å². The molecular formula is C13H9F3O3. The third-order valence-electron chi connectivity index (χ3n) is 2.58. The second-order valence-corrected chi connectivity index (χ2v) is 3.85. The monoisotopic (exact) mass is 270 g/mol. The summed E-state index contributed by atoms with van der Waals surface area (Å²) in [6.07, 6.45) is -7.09. The van der Waals surface area contributed by atoms with Gasteiger partial charge in [0.2, 0.25) is 0 Å². The molecule has 0 bridgehead atoms. The van der Waals surface area contributed by atoms with Crippen molar-refractivity contribution in [3.63, 3.8) is 0 Å². The molecule has 19 heavy (non-hydrogen) atoms. The number of rotatable bonds is 3. The van der Waals surface area contributed by atoms with Crippen LogP contribution >= 0.6 is 0 Å². The molecule has 3 nitrogen and oxygen atoms in total. The van der Waals surface area contributed by atoms with Crippen LogP contribution in [0.4, 0.5) is 13.2 Å². The van der Waals surface area contributed by atoms with Crippen LogP contribution in [-0.2, 0) is 9.53 Å². The first-order valence-corrected chi connectivity index (χ1v) is 5.33. The SMILES string of the molecule is O=C(O)C(OC(F)(F)F)c1cccc2ccccc12. The number of ether oxygens (including phenoxy) is 1. The molecule has 2 rings (SSSR count). The fraction of sp³-hybridized carbons (Fsp3) is 0.154. The second-order valence-electron chi connectivity index (χ2n) is 3.85. The topological polar surface area (TPSA) is 46.5 Å². The molecule has 0 amide bonds. The Balaban J connectivity index is 2.53. The summed E-state index contributed by atoms with van der Waals surface area (Å²) >= 11 is 0. The number of aliphatic carboxylic acids is 1. The molecule has 0 aliphatic carbocycles. The van der Waals surface area contributed by atoms with Gasteiger partial charge in [0.15, 0.2) is 6.10 Å². The first-order chi connectivity index (χ1) is 8.88. The van der Waals surface area contributed by atoms with E-state index in [4.69, 9.17) is 5.11 Å². The van der Waals surface area contributed by atoms with Crippen LogP contribution in [0.25, 0.3) is 10.8 Å². The predicted molar refractivity (Wildman–Crippen MR) is 61.5 cm³/mol. The molecule has 6 heteroatoms. The zero-order valence-corrected chi connectivity index (χ0v) is 9.52. The van der Waals surface area contributed by atoms with Gasteiger partial charge in [0.25, 0.3) is 0 Å². The fourth-order valence-electron chi connectivity index (χ4n) is 1.86. The number of carboxylic acids is 1. The van der Waals surface area contributed by atoms with Gasteiger partial charge in [-0.2, -0.15) is 0 Å². The molecule has 0 aliphatic rings. The molecule has 0 spiro atoms. The van der Waals surface area contributed by atoms with Crippen molar-refractivity contribution in [3.05, 3.63) is 48.0 Å². The summed E-state index contributed by atoms with van der Waals surface area (Å²) < 4.78 is 40.5. The Kier molecular flexibility index (Phi) is 3.44. The maximum absolute atomic E-state index is 12.3. The largest absolute Gasteiger partial charge is 0.523 e. The standard InChI is InChI=1S/C13H9F3O3/c14-13(15,16)19-11(12(17)18)10-7-3-5-8-4-1-2-6-9(8)10/h1-7,11H,(H,17,18). The summed E-state index contributed by atoms with van der Waals surface area (Å²) in [7, 11) is 0. The molecule has 100 valence electrons. The summed E-state index contributed by atoms with van der Waals surface area (Å²) in [5, 5.41) is 9.99. The maximum atomic E-state index is 12.3. The molecule has 0 saturated heterocycles. The Morgan fingerprint density at radius 3 is 2.37 bits per heavy atom. The first kappa shape index (κ1) is 13.4. The molecule has 1 unspecified atom stereocenters. The van der Waals surface area contributed by atoms with E-state index in [2.05, 4.69) is 4.74 Å². The molecule has 0 radical (unpaired) electrons. The lowest BCUT2D eigenvalue weighted by Crippen LogP contribution is -2.24. The number of carbonyl (C=O) groups is 1. The lowest BCUT2D eigenvalue weighted by molar-refractivity contribution is -0.341. The van der Waals surface area contributed by atoms with Crippen LogP contribution in [0.15, 0.2) is 42.5 Å². The molecule has 0 heterocycles. The van der Waals surface area contributed by atoms with Crippen LogP contribution in [0.3, 0.4) is 0 Å². The van der Waals surface area contributed by atoms with Gasteiger partial charge >= 0.3 is 12.3 Å². The van der Waals surface area contributed by atoms with Crippen molar-refractivity contribution in [2.75, 3.05) is 0 Å². The molecule has 1 N–H and O–H groups in total. The number of halogens is 3. The lowest BCUT2D eigenvalue weighted by Gasteiger charge is -2.17. The Morgan fingerprint density at radius 1 is 1.11 bits per heavy atom. The van der Waals surface area contributed by atoms with Crippen molar-refractivity contribution in [2.24, 2.45) is 0 Å². The van der Waals surface area contributed by atoms with Crippen LogP contribution in [0, 0.1) is 0 Å². The van der Waals surface area contributed by atoms with E-state index in [9.17, 15) is 18.0 Å². The Labute approximate surface area is 106 Å². The summed E-state index contributed by atoms with van der Waals surface area (Å²) in [4.78, 5) is 11.0. The van der Waals surface area contributed by atoms with Crippen molar-refractivity contribution in [3.8, 4) is 0 Å². The molecule has 0 aromatic heterocycles. The quantitative estimate of drug-likeness (QED) is 0.928. The Hall–Kier alpha value is -2.08. The zero-order chi connectivity index (χ0) is 14.0. The number of carboxylic acid groups (broad SMARTS) is 1. The molecule has 0 fully saturated rings. The van der Waals surface area contributed by atoms with Crippen molar-refractivity contribution >= 4 is 16.7 Å². The van der Waals surface area contributed by atoms with Gasteiger partial charge in [0.1, 0.15) is 0 Å². The van der Waals surface area contributed by atoms with E-state index in [0.29, 0.717) is 10.8 Å². The molecule has 0 saturated carbocycles. The van der Waals surface area contributed by atoms with E-state index < -0.39 is 18.4 Å². The highest BCUT2D eigenvalue weighted by Gasteiger charge is 2.38. The number of hydrogen-bond donors (Lipinski definition) is 1. The highest BCUT2D eigenvalue weighted by molar-refractivity contribution is 5.90. The number of benzene rings is 2. The highest BCUT2D eigenvalue weighted by Crippen LogP contribution is 2.32. The maximum Gasteiger partial charge on any atom is 0.523 e. The van der Waals surface area contributed by atoms with Crippen LogP contribution in [-0.4, -0.2) is 17.4 Å². The molecule has 2 aromatic carbocycles. The average Bonchev–Trinajstić information content (AvgIpc) is 2.34.